The van der Waals surface area contributed by atoms with E-state index in [4.69, 9.17) is 23.7 Å². The molecule has 1 saturated carbocycles. The monoisotopic (exact) mass is 628 g/mol. The first kappa shape index (κ1) is 30.9. The number of benzene rings is 4. The molecule has 4 aromatic rings. The van der Waals surface area contributed by atoms with Crippen LogP contribution in [0.5, 0.6) is 0 Å². The summed E-state index contributed by atoms with van der Waals surface area (Å²) in [6, 6.07) is 31.2. The molecule has 0 N–H and O–H groups in total. The number of hydrogen-bond donors (Lipinski definition) is 0. The van der Waals surface area contributed by atoms with E-state index in [1.807, 2.05) is 0 Å². The van der Waals surface area contributed by atoms with E-state index in [0.717, 1.165) is 12.8 Å². The molecule has 0 spiro atoms. The van der Waals surface area contributed by atoms with Gasteiger partial charge in [0, 0.05) is 11.5 Å². The lowest BCUT2D eigenvalue weighted by atomic mass is 10.1. The number of hydrogen-bond acceptors (Lipinski definition) is 9. The van der Waals surface area contributed by atoms with E-state index in [9.17, 15) is 19.2 Å². The Kier molecular flexibility index (Phi) is 9.40. The van der Waals surface area contributed by atoms with Gasteiger partial charge in [0.15, 0.2) is 18.1 Å². The maximum absolute atomic E-state index is 13.6. The van der Waals surface area contributed by atoms with Crippen LogP contribution in [-0.4, -0.2) is 42.9 Å². The van der Waals surface area contributed by atoms with Crippen LogP contribution in [0.2, 0.25) is 0 Å². The maximum Gasteiger partial charge on any atom is 0.343 e. The topological polar surface area (TPSA) is 114 Å². The van der Waals surface area contributed by atoms with Crippen LogP contribution in [0.15, 0.2) is 127 Å². The largest absolute Gasteiger partial charge is 0.454 e. The molecule has 6 rings (SSSR count). The van der Waals surface area contributed by atoms with E-state index < -0.39 is 42.9 Å². The van der Waals surface area contributed by atoms with Crippen molar-refractivity contribution in [1.82, 2.24) is 0 Å². The second-order valence-corrected chi connectivity index (χ2v) is 10.7. The number of ether oxygens (including phenoxy) is 5. The van der Waals surface area contributed by atoms with E-state index in [2.05, 4.69) is 11.8 Å². The van der Waals surface area contributed by atoms with Gasteiger partial charge in [-0.1, -0.05) is 78.6 Å². The van der Waals surface area contributed by atoms with Gasteiger partial charge in [0.25, 0.3) is 6.29 Å². The minimum absolute atomic E-state index is 0.171. The lowest BCUT2D eigenvalue weighted by Crippen LogP contribution is -2.35. The second-order valence-electron chi connectivity index (χ2n) is 10.7. The molecule has 9 heteroatoms. The van der Waals surface area contributed by atoms with Gasteiger partial charge in [0.2, 0.25) is 6.10 Å². The first-order valence-electron chi connectivity index (χ1n) is 14.9. The van der Waals surface area contributed by atoms with Crippen molar-refractivity contribution >= 4 is 23.9 Å². The molecule has 1 aliphatic heterocycles. The molecule has 0 bridgehead atoms. The molecule has 4 aromatic carbocycles. The predicted octanol–water partition coefficient (Wildman–Crippen LogP) is 6.11. The van der Waals surface area contributed by atoms with Crippen molar-refractivity contribution in [2.75, 3.05) is 6.61 Å². The van der Waals surface area contributed by atoms with Crippen LogP contribution >= 0.6 is 0 Å². The Bertz CT molecular complexity index is 1870. The Labute approximate surface area is 270 Å². The van der Waals surface area contributed by atoms with Gasteiger partial charge in [-0.3, -0.25) is 0 Å². The minimum Gasteiger partial charge on any atom is -0.454 e. The first-order chi connectivity index (χ1) is 23.0. The normalized spacial score (nSPS) is 16.6. The van der Waals surface area contributed by atoms with Crippen molar-refractivity contribution in [2.24, 2.45) is 5.92 Å². The van der Waals surface area contributed by atoms with E-state index >= 15 is 0 Å². The van der Waals surface area contributed by atoms with Crippen LogP contribution in [0, 0.1) is 17.8 Å². The Hall–Kier alpha value is -6.14. The van der Waals surface area contributed by atoms with Crippen LogP contribution in [-0.2, 0) is 23.7 Å². The highest BCUT2D eigenvalue weighted by molar-refractivity contribution is 5.93. The van der Waals surface area contributed by atoms with E-state index in [1.165, 1.54) is 24.3 Å². The molecule has 0 saturated heterocycles. The van der Waals surface area contributed by atoms with Crippen molar-refractivity contribution in [3.63, 3.8) is 0 Å². The Morgan fingerprint density at radius 2 is 1.19 bits per heavy atom. The van der Waals surface area contributed by atoms with Gasteiger partial charge in [0.1, 0.15) is 0 Å². The fourth-order valence-corrected chi connectivity index (χ4v) is 4.58. The second kappa shape index (κ2) is 14.3. The summed E-state index contributed by atoms with van der Waals surface area (Å²) in [7, 11) is 0. The van der Waals surface area contributed by atoms with Gasteiger partial charge in [0.05, 0.1) is 22.3 Å². The Balaban J connectivity index is 1.32. The highest BCUT2D eigenvalue weighted by atomic mass is 16.7. The molecule has 1 aliphatic carbocycles. The van der Waals surface area contributed by atoms with E-state index in [0.29, 0.717) is 11.5 Å². The Morgan fingerprint density at radius 3 is 1.81 bits per heavy atom. The SMILES string of the molecule is O=C(OCC1=C(OC(=O)c2ccccc2)C(OC(=O)c2ccccc2)[C@H](OC(=O)c2ccccc2C#CC2CC2)O1)c1ccccc1. The third-order valence-corrected chi connectivity index (χ3v) is 7.20. The summed E-state index contributed by atoms with van der Waals surface area (Å²) in [6.45, 7) is -0.526. The molecule has 9 nitrogen and oxygen atoms in total. The average Bonchev–Trinajstić information content (AvgIpc) is 3.90. The predicted molar refractivity (Wildman–Crippen MR) is 168 cm³/mol. The smallest absolute Gasteiger partial charge is 0.343 e. The molecule has 234 valence electrons. The van der Waals surface area contributed by atoms with Crippen molar-refractivity contribution in [3.8, 4) is 11.8 Å². The van der Waals surface area contributed by atoms with Crippen LogP contribution in [0.3, 0.4) is 0 Å². The van der Waals surface area contributed by atoms with Gasteiger partial charge in [-0.05, 0) is 61.4 Å². The quantitative estimate of drug-likeness (QED) is 0.123. The summed E-state index contributed by atoms with van der Waals surface area (Å²) in [4.78, 5) is 52.9. The van der Waals surface area contributed by atoms with Crippen molar-refractivity contribution in [2.45, 2.75) is 25.2 Å². The molecule has 0 aromatic heterocycles. The number of carbonyl (C=O) groups excluding carboxylic acids is 4. The number of carbonyl (C=O) groups is 4. The molecule has 47 heavy (non-hydrogen) atoms. The fraction of sp³-hybridized carbons (Fsp3) is 0.158. The zero-order chi connectivity index (χ0) is 32.6. The van der Waals surface area contributed by atoms with Crippen molar-refractivity contribution in [3.05, 3.63) is 155 Å². The van der Waals surface area contributed by atoms with Crippen LogP contribution in [0.25, 0.3) is 0 Å². The number of rotatable bonds is 9. The maximum atomic E-state index is 13.6. The zero-order valence-corrected chi connectivity index (χ0v) is 25.0. The first-order valence-corrected chi connectivity index (χ1v) is 14.9. The number of esters is 4. The fourth-order valence-electron chi connectivity index (χ4n) is 4.58. The minimum atomic E-state index is -1.61. The molecular formula is C38H28O9. The summed E-state index contributed by atoms with van der Waals surface area (Å²) in [5.74, 6) is 2.91. The summed E-state index contributed by atoms with van der Waals surface area (Å²) in [6.07, 6.45) is -1.13. The lowest BCUT2D eigenvalue weighted by Gasteiger charge is -2.21. The van der Waals surface area contributed by atoms with Crippen LogP contribution in [0.4, 0.5) is 0 Å². The summed E-state index contributed by atoms with van der Waals surface area (Å²) < 4.78 is 28.7. The average molecular weight is 629 g/mol. The van der Waals surface area contributed by atoms with Crippen LogP contribution in [0.1, 0.15) is 59.8 Å². The molecule has 2 aliphatic rings. The summed E-state index contributed by atoms with van der Waals surface area (Å²) in [5.41, 5.74) is 1.28. The molecule has 1 heterocycles. The van der Waals surface area contributed by atoms with Gasteiger partial charge in [-0.15, -0.1) is 0 Å². The zero-order valence-electron chi connectivity index (χ0n) is 25.0. The molecule has 0 amide bonds. The standard InChI is InChI=1S/C38H28O9/c39-34(27-13-4-1-5-14-27)43-24-31-32(45-35(40)28-15-6-2-7-16-28)33(46-36(41)29-17-8-3-9-18-29)38(44-31)47-37(42)30-19-11-10-12-26(30)23-22-25-20-21-25/h1-19,25,33,38H,20-21,24H2/t33?,38-/m0/s1. The van der Waals surface area contributed by atoms with Gasteiger partial charge in [-0.25, -0.2) is 19.2 Å². The molecule has 1 unspecified atom stereocenters. The van der Waals surface area contributed by atoms with E-state index in [-0.39, 0.29) is 33.8 Å². The molecule has 1 fully saturated rings. The highest BCUT2D eigenvalue weighted by Crippen LogP contribution is 2.33. The van der Waals surface area contributed by atoms with Crippen molar-refractivity contribution in [1.29, 1.82) is 0 Å². The van der Waals surface area contributed by atoms with Gasteiger partial charge >= 0.3 is 23.9 Å². The summed E-state index contributed by atoms with van der Waals surface area (Å²) in [5, 5.41) is 0. The lowest BCUT2D eigenvalue weighted by molar-refractivity contribution is -0.122. The van der Waals surface area contributed by atoms with Crippen LogP contribution < -0.4 is 0 Å². The van der Waals surface area contributed by atoms with Crippen molar-refractivity contribution < 1.29 is 42.9 Å². The van der Waals surface area contributed by atoms with E-state index in [1.54, 1.807) is 91.0 Å². The summed E-state index contributed by atoms with van der Waals surface area (Å²) >= 11 is 0. The third-order valence-electron chi connectivity index (χ3n) is 7.20. The molecule has 2 atom stereocenters. The van der Waals surface area contributed by atoms with Gasteiger partial charge < -0.3 is 23.7 Å². The third kappa shape index (κ3) is 7.75. The molecular weight excluding hydrogens is 600 g/mol. The van der Waals surface area contributed by atoms with Gasteiger partial charge in [-0.2, -0.15) is 0 Å². The highest BCUT2D eigenvalue weighted by Gasteiger charge is 2.46. The Morgan fingerprint density at radius 1 is 0.638 bits per heavy atom. The molecule has 0 radical (unpaired) electrons.